The van der Waals surface area contributed by atoms with E-state index in [4.69, 9.17) is 0 Å². The van der Waals surface area contributed by atoms with E-state index in [1.807, 2.05) is 32.7 Å². The topological polar surface area (TPSA) is 32.7 Å². The molecular formula is C9H16N2O. The monoisotopic (exact) mass is 168 g/mol. The summed E-state index contributed by atoms with van der Waals surface area (Å²) in [4.78, 5) is 17.8. The van der Waals surface area contributed by atoms with Gasteiger partial charge in [0, 0.05) is 19.0 Å². The molecule has 0 unspecified atom stereocenters. The number of hydrogen-bond acceptors (Lipinski definition) is 3. The van der Waals surface area contributed by atoms with Crippen LogP contribution in [0.25, 0.3) is 0 Å². The highest BCUT2D eigenvalue weighted by Gasteiger charge is 2.30. The molecule has 0 radical (unpaired) electrons. The summed E-state index contributed by atoms with van der Waals surface area (Å²) in [6.45, 7) is 7.39. The van der Waals surface area contributed by atoms with Gasteiger partial charge in [0.2, 0.25) is 5.78 Å². The number of carbonyl (C=O) groups excluding carboxylic acids is 1. The standard InChI is InChI=1S/C9H16N2O/c1-9(2,3)7(12)8-10-5-6-11(8)4/h5-6H2,1-4H3. The van der Waals surface area contributed by atoms with Crippen LogP contribution in [0.5, 0.6) is 0 Å². The van der Waals surface area contributed by atoms with Crippen molar-refractivity contribution in [2.45, 2.75) is 20.8 Å². The third kappa shape index (κ3) is 1.65. The van der Waals surface area contributed by atoms with Gasteiger partial charge in [0.1, 0.15) is 0 Å². The maximum atomic E-state index is 11.7. The zero-order valence-electron chi connectivity index (χ0n) is 8.22. The molecule has 0 aromatic rings. The van der Waals surface area contributed by atoms with E-state index in [2.05, 4.69) is 4.99 Å². The van der Waals surface area contributed by atoms with Crippen molar-refractivity contribution in [2.24, 2.45) is 10.4 Å². The van der Waals surface area contributed by atoms with E-state index in [1.165, 1.54) is 0 Å². The number of hydrogen-bond donors (Lipinski definition) is 0. The Balaban J connectivity index is 2.78. The first-order valence-corrected chi connectivity index (χ1v) is 4.23. The van der Waals surface area contributed by atoms with Crippen LogP contribution in [0.2, 0.25) is 0 Å². The maximum Gasteiger partial charge on any atom is 0.202 e. The van der Waals surface area contributed by atoms with E-state index in [9.17, 15) is 4.79 Å². The molecule has 0 amide bonds. The lowest BCUT2D eigenvalue weighted by Gasteiger charge is -2.20. The Hall–Kier alpha value is -0.860. The van der Waals surface area contributed by atoms with E-state index in [-0.39, 0.29) is 11.2 Å². The van der Waals surface area contributed by atoms with Crippen molar-refractivity contribution in [3.05, 3.63) is 0 Å². The molecule has 1 rings (SSSR count). The van der Waals surface area contributed by atoms with E-state index >= 15 is 0 Å². The number of likely N-dealkylation sites (N-methyl/N-ethyl adjacent to an activating group) is 1. The van der Waals surface area contributed by atoms with Crippen molar-refractivity contribution in [2.75, 3.05) is 20.1 Å². The Labute approximate surface area is 73.5 Å². The van der Waals surface area contributed by atoms with Gasteiger partial charge in [-0.05, 0) is 0 Å². The molecule has 0 saturated carbocycles. The van der Waals surface area contributed by atoms with Gasteiger partial charge in [-0.1, -0.05) is 20.8 Å². The number of amidine groups is 1. The summed E-state index contributed by atoms with van der Waals surface area (Å²) in [5, 5.41) is 0. The van der Waals surface area contributed by atoms with Gasteiger partial charge in [0.15, 0.2) is 5.84 Å². The molecule has 0 aromatic heterocycles. The molecule has 0 atom stereocenters. The van der Waals surface area contributed by atoms with Crippen LogP contribution in [0.4, 0.5) is 0 Å². The summed E-state index contributed by atoms with van der Waals surface area (Å²) in [7, 11) is 1.91. The van der Waals surface area contributed by atoms with Gasteiger partial charge >= 0.3 is 0 Å². The Kier molecular flexibility index (Phi) is 2.22. The van der Waals surface area contributed by atoms with Crippen molar-refractivity contribution >= 4 is 11.6 Å². The zero-order valence-corrected chi connectivity index (χ0v) is 8.22. The highest BCUT2D eigenvalue weighted by molar-refractivity contribution is 6.40. The predicted molar refractivity (Wildman–Crippen MR) is 49.4 cm³/mol. The van der Waals surface area contributed by atoms with Gasteiger partial charge in [-0.15, -0.1) is 0 Å². The average molecular weight is 168 g/mol. The fraction of sp³-hybridized carbons (Fsp3) is 0.778. The quantitative estimate of drug-likeness (QED) is 0.584. The largest absolute Gasteiger partial charge is 0.355 e. The van der Waals surface area contributed by atoms with Crippen molar-refractivity contribution in [3.8, 4) is 0 Å². The second-order valence-corrected chi connectivity index (χ2v) is 4.21. The van der Waals surface area contributed by atoms with Gasteiger partial charge in [0.25, 0.3) is 0 Å². The lowest BCUT2D eigenvalue weighted by molar-refractivity contribution is -0.120. The van der Waals surface area contributed by atoms with Crippen LogP contribution < -0.4 is 0 Å². The Morgan fingerprint density at radius 3 is 2.42 bits per heavy atom. The summed E-state index contributed by atoms with van der Waals surface area (Å²) in [5.74, 6) is 0.782. The second kappa shape index (κ2) is 2.88. The summed E-state index contributed by atoms with van der Waals surface area (Å²) >= 11 is 0. The molecule has 0 aliphatic carbocycles. The van der Waals surface area contributed by atoms with Crippen LogP contribution in [0.1, 0.15) is 20.8 Å². The minimum atomic E-state index is -0.308. The number of carbonyl (C=O) groups is 1. The third-order valence-corrected chi connectivity index (χ3v) is 1.94. The molecular weight excluding hydrogens is 152 g/mol. The average Bonchev–Trinajstić information content (AvgIpc) is 2.31. The van der Waals surface area contributed by atoms with Gasteiger partial charge < -0.3 is 4.90 Å². The Morgan fingerprint density at radius 1 is 1.50 bits per heavy atom. The van der Waals surface area contributed by atoms with Gasteiger partial charge in [-0.3, -0.25) is 9.79 Å². The van der Waals surface area contributed by atoms with Crippen LogP contribution in [0.3, 0.4) is 0 Å². The number of aliphatic imine (C=N–C) groups is 1. The Morgan fingerprint density at radius 2 is 2.08 bits per heavy atom. The number of nitrogens with zero attached hydrogens (tertiary/aromatic N) is 2. The van der Waals surface area contributed by atoms with Crippen molar-refractivity contribution in [3.63, 3.8) is 0 Å². The molecule has 1 heterocycles. The molecule has 0 saturated heterocycles. The summed E-state index contributed by atoms with van der Waals surface area (Å²) < 4.78 is 0. The summed E-state index contributed by atoms with van der Waals surface area (Å²) in [6.07, 6.45) is 0. The molecule has 1 aliphatic heterocycles. The molecule has 0 fully saturated rings. The number of ketones is 1. The third-order valence-electron chi connectivity index (χ3n) is 1.94. The molecule has 12 heavy (non-hydrogen) atoms. The van der Waals surface area contributed by atoms with E-state index < -0.39 is 0 Å². The first kappa shape index (κ1) is 9.23. The number of Topliss-reactive ketones (excluding diaryl/α,β-unsaturated/α-hetero) is 1. The highest BCUT2D eigenvalue weighted by Crippen LogP contribution is 2.17. The van der Waals surface area contributed by atoms with Crippen molar-refractivity contribution < 1.29 is 4.79 Å². The first-order chi connectivity index (χ1) is 5.43. The van der Waals surface area contributed by atoms with Crippen molar-refractivity contribution in [1.82, 2.24) is 4.90 Å². The normalized spacial score (nSPS) is 18.0. The fourth-order valence-electron chi connectivity index (χ4n) is 1.11. The first-order valence-electron chi connectivity index (χ1n) is 4.23. The lowest BCUT2D eigenvalue weighted by Crippen LogP contribution is -2.37. The lowest BCUT2D eigenvalue weighted by atomic mass is 9.90. The molecule has 68 valence electrons. The minimum absolute atomic E-state index is 0.141. The van der Waals surface area contributed by atoms with Gasteiger partial charge in [-0.25, -0.2) is 0 Å². The SMILES string of the molecule is CN1CCN=C1C(=O)C(C)(C)C. The summed E-state index contributed by atoms with van der Waals surface area (Å²) in [6, 6.07) is 0. The smallest absolute Gasteiger partial charge is 0.202 e. The molecule has 0 aromatic carbocycles. The van der Waals surface area contributed by atoms with Crippen LogP contribution in [-0.2, 0) is 4.79 Å². The molecule has 0 spiro atoms. The van der Waals surface area contributed by atoms with E-state index in [0.717, 1.165) is 13.1 Å². The van der Waals surface area contributed by atoms with Gasteiger partial charge in [0.05, 0.1) is 6.54 Å². The van der Waals surface area contributed by atoms with Gasteiger partial charge in [-0.2, -0.15) is 0 Å². The Bertz CT molecular complexity index is 225. The van der Waals surface area contributed by atoms with E-state index in [0.29, 0.717) is 5.84 Å². The minimum Gasteiger partial charge on any atom is -0.355 e. The fourth-order valence-corrected chi connectivity index (χ4v) is 1.11. The molecule has 0 N–H and O–H groups in total. The van der Waals surface area contributed by atoms with Crippen LogP contribution in [-0.4, -0.2) is 36.7 Å². The molecule has 0 bridgehead atoms. The van der Waals surface area contributed by atoms with Crippen LogP contribution >= 0.6 is 0 Å². The maximum absolute atomic E-state index is 11.7. The molecule has 3 heteroatoms. The van der Waals surface area contributed by atoms with Crippen molar-refractivity contribution in [1.29, 1.82) is 0 Å². The second-order valence-electron chi connectivity index (χ2n) is 4.21. The van der Waals surface area contributed by atoms with Crippen LogP contribution in [0, 0.1) is 5.41 Å². The summed E-state index contributed by atoms with van der Waals surface area (Å²) in [5.41, 5.74) is -0.308. The predicted octanol–water partition coefficient (Wildman–Crippen LogP) is 0.945. The zero-order chi connectivity index (χ0) is 9.35. The molecule has 3 nitrogen and oxygen atoms in total. The molecule has 1 aliphatic rings. The number of rotatable bonds is 1. The van der Waals surface area contributed by atoms with Crippen LogP contribution in [0.15, 0.2) is 4.99 Å². The highest BCUT2D eigenvalue weighted by atomic mass is 16.1. The van der Waals surface area contributed by atoms with E-state index in [1.54, 1.807) is 0 Å².